The smallest absolute Gasteiger partial charge is 0.227 e. The lowest BCUT2D eigenvalue weighted by Crippen LogP contribution is -2.01. The maximum Gasteiger partial charge on any atom is 0.227 e. The van der Waals surface area contributed by atoms with Gasteiger partial charge in [0, 0.05) is 11.8 Å². The van der Waals surface area contributed by atoms with E-state index in [0.717, 1.165) is 22.6 Å². The van der Waals surface area contributed by atoms with E-state index in [1.54, 1.807) is 12.4 Å². The molecule has 0 bridgehead atoms. The Morgan fingerprint density at radius 2 is 1.86 bits per heavy atom. The molecule has 0 atom stereocenters. The molecule has 1 aromatic carbocycles. The number of hydrogen-bond donors (Lipinski definition) is 2. The number of rotatable bonds is 3. The van der Waals surface area contributed by atoms with Gasteiger partial charge in [-0.25, -0.2) is 9.97 Å². The number of benzene rings is 1. The zero-order valence-electron chi connectivity index (χ0n) is 11.6. The number of nitrogens with zero attached hydrogens (tertiary/aromatic N) is 3. The van der Waals surface area contributed by atoms with Crippen LogP contribution in [-0.2, 0) is 0 Å². The summed E-state index contributed by atoms with van der Waals surface area (Å²) >= 11 is 0. The van der Waals surface area contributed by atoms with Crippen LogP contribution in [0.3, 0.4) is 0 Å². The van der Waals surface area contributed by atoms with Crippen LogP contribution in [0.25, 0.3) is 11.3 Å². The number of hydrogen-bond acceptors (Lipinski definition) is 5. The highest BCUT2D eigenvalue weighted by molar-refractivity contribution is 5.64. The Labute approximate surface area is 122 Å². The first-order chi connectivity index (χ1) is 10.2. The molecule has 0 radical (unpaired) electrons. The van der Waals surface area contributed by atoms with Gasteiger partial charge in [0.15, 0.2) is 0 Å². The summed E-state index contributed by atoms with van der Waals surface area (Å²) < 4.78 is 0. The van der Waals surface area contributed by atoms with E-state index >= 15 is 0 Å². The molecule has 2 aromatic heterocycles. The van der Waals surface area contributed by atoms with Crippen LogP contribution in [0, 0.1) is 6.92 Å². The third-order valence-corrected chi connectivity index (χ3v) is 3.08. The maximum absolute atomic E-state index is 5.76. The normalized spacial score (nSPS) is 10.3. The van der Waals surface area contributed by atoms with Gasteiger partial charge < -0.3 is 11.1 Å². The quantitative estimate of drug-likeness (QED) is 0.769. The Morgan fingerprint density at radius 3 is 2.67 bits per heavy atom. The van der Waals surface area contributed by atoms with E-state index in [4.69, 9.17) is 5.73 Å². The second-order valence-electron chi connectivity index (χ2n) is 4.66. The van der Waals surface area contributed by atoms with Gasteiger partial charge in [-0.05, 0) is 19.1 Å². The maximum atomic E-state index is 5.76. The number of pyridine rings is 1. The molecule has 0 spiro atoms. The molecule has 0 fully saturated rings. The molecule has 2 heterocycles. The monoisotopic (exact) mass is 277 g/mol. The van der Waals surface area contributed by atoms with Crippen LogP contribution < -0.4 is 11.1 Å². The van der Waals surface area contributed by atoms with E-state index in [0.29, 0.717) is 11.6 Å². The van der Waals surface area contributed by atoms with Gasteiger partial charge in [-0.1, -0.05) is 30.3 Å². The lowest BCUT2D eigenvalue weighted by molar-refractivity contribution is 1.14. The Morgan fingerprint density at radius 1 is 1.05 bits per heavy atom. The van der Waals surface area contributed by atoms with E-state index in [2.05, 4.69) is 20.3 Å². The third kappa shape index (κ3) is 2.97. The fourth-order valence-electron chi connectivity index (χ4n) is 1.98. The van der Waals surface area contributed by atoms with Crippen molar-refractivity contribution in [2.75, 3.05) is 11.1 Å². The van der Waals surface area contributed by atoms with Crippen molar-refractivity contribution in [3.63, 3.8) is 0 Å². The van der Waals surface area contributed by atoms with Gasteiger partial charge >= 0.3 is 0 Å². The van der Waals surface area contributed by atoms with Crippen LogP contribution in [0.1, 0.15) is 5.69 Å². The first-order valence-electron chi connectivity index (χ1n) is 6.60. The minimum absolute atomic E-state index is 0.520. The Hall–Kier alpha value is -2.95. The lowest BCUT2D eigenvalue weighted by atomic mass is 10.1. The number of anilines is 3. The molecule has 5 heteroatoms. The summed E-state index contributed by atoms with van der Waals surface area (Å²) in [6.07, 6.45) is 3.36. The van der Waals surface area contributed by atoms with Crippen molar-refractivity contribution in [1.82, 2.24) is 15.0 Å². The predicted octanol–water partition coefficient (Wildman–Crippen LogP) is 3.17. The topological polar surface area (TPSA) is 76.7 Å². The third-order valence-electron chi connectivity index (χ3n) is 3.08. The molecular weight excluding hydrogens is 262 g/mol. The zero-order valence-corrected chi connectivity index (χ0v) is 11.6. The second kappa shape index (κ2) is 5.58. The summed E-state index contributed by atoms with van der Waals surface area (Å²) in [5.74, 6) is 0.520. The van der Waals surface area contributed by atoms with E-state index in [-0.39, 0.29) is 0 Å². The van der Waals surface area contributed by atoms with Crippen molar-refractivity contribution in [1.29, 1.82) is 0 Å². The number of nitrogens with two attached hydrogens (primary N) is 1. The van der Waals surface area contributed by atoms with Crippen molar-refractivity contribution < 1.29 is 0 Å². The number of aryl methyl sites for hydroxylation is 1. The van der Waals surface area contributed by atoms with Crippen molar-refractivity contribution in [3.05, 3.63) is 60.6 Å². The van der Waals surface area contributed by atoms with Crippen LogP contribution in [0.5, 0.6) is 0 Å². The molecule has 0 aliphatic carbocycles. The van der Waals surface area contributed by atoms with Crippen molar-refractivity contribution in [3.8, 4) is 11.3 Å². The second-order valence-corrected chi connectivity index (χ2v) is 4.66. The van der Waals surface area contributed by atoms with E-state index < -0.39 is 0 Å². The summed E-state index contributed by atoms with van der Waals surface area (Å²) in [7, 11) is 0. The van der Waals surface area contributed by atoms with Crippen molar-refractivity contribution >= 4 is 17.3 Å². The first kappa shape index (κ1) is 13.1. The minimum Gasteiger partial charge on any atom is -0.397 e. The molecule has 3 aromatic rings. The zero-order chi connectivity index (χ0) is 14.7. The van der Waals surface area contributed by atoms with Crippen LogP contribution in [-0.4, -0.2) is 15.0 Å². The standard InChI is InChI=1S/C16H15N5/c1-11-15(9-13(17)10-19-11)21-16-18-8-7-14(20-16)12-5-3-2-4-6-12/h2-10H,17H2,1H3,(H,18,20,21). The van der Waals surface area contributed by atoms with Gasteiger partial charge in [0.25, 0.3) is 0 Å². The highest BCUT2D eigenvalue weighted by Crippen LogP contribution is 2.21. The molecule has 0 saturated carbocycles. The highest BCUT2D eigenvalue weighted by atomic mass is 15.1. The lowest BCUT2D eigenvalue weighted by Gasteiger charge is -2.09. The first-order valence-corrected chi connectivity index (χ1v) is 6.60. The molecule has 0 amide bonds. The average Bonchev–Trinajstić information content (AvgIpc) is 2.52. The van der Waals surface area contributed by atoms with E-state index in [1.165, 1.54) is 0 Å². The van der Waals surface area contributed by atoms with Crippen molar-refractivity contribution in [2.24, 2.45) is 0 Å². The van der Waals surface area contributed by atoms with Gasteiger partial charge in [-0.15, -0.1) is 0 Å². The summed E-state index contributed by atoms with van der Waals surface area (Å²) in [6.45, 7) is 1.91. The van der Waals surface area contributed by atoms with Crippen LogP contribution in [0.4, 0.5) is 17.3 Å². The highest BCUT2D eigenvalue weighted by Gasteiger charge is 2.05. The SMILES string of the molecule is Cc1ncc(N)cc1Nc1nccc(-c2ccccc2)n1. The molecule has 0 unspecified atom stereocenters. The van der Waals surface area contributed by atoms with Gasteiger partial charge in [0.1, 0.15) is 0 Å². The van der Waals surface area contributed by atoms with E-state index in [1.807, 2.05) is 49.4 Å². The molecule has 3 rings (SSSR count). The number of nitrogens with one attached hydrogen (secondary N) is 1. The van der Waals surface area contributed by atoms with Crippen molar-refractivity contribution in [2.45, 2.75) is 6.92 Å². The Bertz CT molecular complexity index is 756. The van der Waals surface area contributed by atoms with Gasteiger partial charge in [-0.3, -0.25) is 4.98 Å². The van der Waals surface area contributed by atoms with E-state index in [9.17, 15) is 0 Å². The van der Waals surface area contributed by atoms with Crippen LogP contribution in [0.15, 0.2) is 54.9 Å². The summed E-state index contributed by atoms with van der Waals surface area (Å²) in [6, 6.07) is 13.7. The summed E-state index contributed by atoms with van der Waals surface area (Å²) in [5.41, 5.74) is 9.92. The summed E-state index contributed by atoms with van der Waals surface area (Å²) in [5, 5.41) is 3.16. The number of aromatic nitrogens is 3. The summed E-state index contributed by atoms with van der Waals surface area (Å²) in [4.78, 5) is 13.0. The Kier molecular flexibility index (Phi) is 3.47. The number of nitrogen functional groups attached to an aromatic ring is 1. The molecule has 3 N–H and O–H groups in total. The molecule has 0 saturated heterocycles. The molecule has 0 aliphatic heterocycles. The molecule has 21 heavy (non-hydrogen) atoms. The van der Waals surface area contributed by atoms with Crippen LogP contribution in [0.2, 0.25) is 0 Å². The molecule has 104 valence electrons. The largest absolute Gasteiger partial charge is 0.397 e. The Balaban J connectivity index is 1.92. The van der Waals surface area contributed by atoms with Gasteiger partial charge in [0.2, 0.25) is 5.95 Å². The molecule has 0 aliphatic rings. The average molecular weight is 277 g/mol. The van der Waals surface area contributed by atoms with Gasteiger partial charge in [-0.2, -0.15) is 0 Å². The fraction of sp³-hybridized carbons (Fsp3) is 0.0625. The molecular formula is C16H15N5. The fourth-order valence-corrected chi connectivity index (χ4v) is 1.98. The molecule has 5 nitrogen and oxygen atoms in total. The van der Waals surface area contributed by atoms with Gasteiger partial charge in [0.05, 0.1) is 29.0 Å². The minimum atomic E-state index is 0.520. The predicted molar refractivity (Wildman–Crippen MR) is 84.1 cm³/mol. The van der Waals surface area contributed by atoms with Crippen LogP contribution >= 0.6 is 0 Å².